The minimum absolute atomic E-state index is 0. The maximum Gasteiger partial charge on any atom is 0.394 e. The fourth-order valence-corrected chi connectivity index (χ4v) is 1.51. The Balaban J connectivity index is 0. The van der Waals surface area contributed by atoms with E-state index in [0.29, 0.717) is 22.7 Å². The van der Waals surface area contributed by atoms with E-state index in [1.54, 1.807) is 12.1 Å². The van der Waals surface area contributed by atoms with Crippen molar-refractivity contribution in [2.24, 2.45) is 0 Å². The zero-order chi connectivity index (χ0) is 16.2. The van der Waals surface area contributed by atoms with Gasteiger partial charge < -0.3 is 29.1 Å². The number of rotatable bonds is 1. The Morgan fingerprint density at radius 1 is 0.696 bits per heavy atom. The second-order valence-corrected chi connectivity index (χ2v) is 5.03. The molecule has 2 rings (SSSR count). The zero-order valence-corrected chi connectivity index (χ0v) is 13.7. The van der Waals surface area contributed by atoms with Gasteiger partial charge >= 0.3 is 10.4 Å². The first-order valence-corrected chi connectivity index (χ1v) is 6.98. The maximum absolute atomic E-state index is 8.74. The van der Waals surface area contributed by atoms with Gasteiger partial charge in [0.2, 0.25) is 0 Å². The van der Waals surface area contributed by atoms with Crippen molar-refractivity contribution < 1.29 is 34.0 Å². The van der Waals surface area contributed by atoms with E-state index in [1.165, 1.54) is 0 Å². The van der Waals surface area contributed by atoms with Crippen molar-refractivity contribution in [3.63, 3.8) is 0 Å². The van der Waals surface area contributed by atoms with Crippen LogP contribution in [-0.2, 0) is 26.9 Å². The van der Waals surface area contributed by atoms with Gasteiger partial charge in [-0.2, -0.15) is 8.42 Å². The van der Waals surface area contributed by atoms with E-state index in [1.807, 2.05) is 24.3 Å². The Labute approximate surface area is 144 Å². The van der Waals surface area contributed by atoms with Crippen molar-refractivity contribution in [1.82, 2.24) is 6.15 Å². The molecular weight excluding hydrogens is 369 g/mol. The molecule has 23 heavy (non-hydrogen) atoms. The van der Waals surface area contributed by atoms with Crippen molar-refractivity contribution >= 4 is 33.1 Å². The number of hydrogen-bond acceptors (Lipinski definition) is 7. The molecule has 13 N–H and O–H groups in total. The Morgan fingerprint density at radius 2 is 0.957 bits per heavy atom. The molecule has 0 aliphatic rings. The first-order chi connectivity index (χ1) is 9.58. The molecule has 9 nitrogen and oxygen atoms in total. The van der Waals surface area contributed by atoms with Crippen LogP contribution in [-0.4, -0.2) is 17.5 Å². The summed E-state index contributed by atoms with van der Waals surface area (Å²) in [5.41, 5.74) is 27.0. The summed E-state index contributed by atoms with van der Waals surface area (Å²) in [6.07, 6.45) is 0. The zero-order valence-electron chi connectivity index (χ0n) is 11.9. The van der Waals surface area contributed by atoms with Crippen LogP contribution >= 0.6 is 0 Å². The van der Waals surface area contributed by atoms with Crippen LogP contribution in [0.3, 0.4) is 0 Å². The van der Waals surface area contributed by atoms with E-state index in [2.05, 4.69) is 0 Å². The van der Waals surface area contributed by atoms with Gasteiger partial charge in [0.1, 0.15) is 0 Å². The van der Waals surface area contributed by atoms with Gasteiger partial charge in [0.25, 0.3) is 0 Å². The fraction of sp³-hybridized carbons (Fsp3) is 0. The van der Waals surface area contributed by atoms with Gasteiger partial charge in [-0.25, -0.2) is 0 Å². The predicted molar refractivity (Wildman–Crippen MR) is 88.7 cm³/mol. The molecule has 0 atom stereocenters. The third kappa shape index (κ3) is 8.24. The van der Waals surface area contributed by atoms with E-state index >= 15 is 0 Å². The van der Waals surface area contributed by atoms with Crippen LogP contribution in [0.2, 0.25) is 0 Å². The number of benzene rings is 2. The van der Waals surface area contributed by atoms with E-state index in [0.717, 1.165) is 11.1 Å². The third-order valence-electron chi connectivity index (χ3n) is 2.51. The minimum Gasteiger partial charge on any atom is -0.397 e. The summed E-state index contributed by atoms with van der Waals surface area (Å²) in [6.45, 7) is 0. The van der Waals surface area contributed by atoms with E-state index < -0.39 is 10.4 Å². The third-order valence-corrected chi connectivity index (χ3v) is 2.51. The molecule has 0 unspecified atom stereocenters. The standard InChI is InChI=1S/C12H14N4.H3N.Ni.H2O4S/c13-9-3-1-7(5-11(9)15)8-2-4-10(14)12(16)6-8;;;1-5(2,3)4/h1-6H,13-16H2;1H3;;(H2,1,2,3,4). The Bertz CT molecular complexity index is 698. The van der Waals surface area contributed by atoms with Crippen molar-refractivity contribution in [3.8, 4) is 11.1 Å². The molecule has 132 valence electrons. The molecular formula is C12H19N5NiO4S. The molecule has 2 aromatic rings. The summed E-state index contributed by atoms with van der Waals surface area (Å²) in [4.78, 5) is 0. The average Bonchev–Trinajstić information content (AvgIpc) is 2.34. The molecule has 0 heterocycles. The van der Waals surface area contributed by atoms with Crippen LogP contribution in [0.25, 0.3) is 11.1 Å². The molecule has 0 aromatic heterocycles. The molecule has 0 amide bonds. The van der Waals surface area contributed by atoms with Crippen molar-refractivity contribution in [3.05, 3.63) is 36.4 Å². The van der Waals surface area contributed by atoms with Crippen LogP contribution in [0, 0.1) is 0 Å². The second kappa shape index (κ2) is 9.18. The molecule has 0 bridgehead atoms. The number of nitrogens with two attached hydrogens (primary N) is 4. The summed E-state index contributed by atoms with van der Waals surface area (Å²) in [7, 11) is -4.67. The first kappa shape index (κ1) is 23.2. The van der Waals surface area contributed by atoms with Crippen LogP contribution in [0.4, 0.5) is 22.7 Å². The largest absolute Gasteiger partial charge is 0.397 e. The van der Waals surface area contributed by atoms with E-state index in [4.69, 9.17) is 40.5 Å². The number of hydrogen-bond donors (Lipinski definition) is 7. The van der Waals surface area contributed by atoms with Gasteiger partial charge in [-0.3, -0.25) is 9.11 Å². The maximum atomic E-state index is 8.74. The van der Waals surface area contributed by atoms with Crippen LogP contribution in [0.15, 0.2) is 36.4 Å². The normalized spacial score (nSPS) is 9.65. The summed E-state index contributed by atoms with van der Waals surface area (Å²) in [5, 5.41) is 0. The van der Waals surface area contributed by atoms with Gasteiger partial charge in [-0.05, 0) is 35.4 Å². The SMILES string of the molecule is N.Nc1ccc(-c2ccc(N)c(N)c2)cc1N.O=S(=O)(O)O.[Ni]. The van der Waals surface area contributed by atoms with E-state index in [9.17, 15) is 0 Å². The summed E-state index contributed by atoms with van der Waals surface area (Å²) >= 11 is 0. The second-order valence-electron chi connectivity index (χ2n) is 4.14. The average molecular weight is 388 g/mol. The van der Waals surface area contributed by atoms with Crippen molar-refractivity contribution in [2.75, 3.05) is 22.9 Å². The molecule has 0 spiro atoms. The topological polar surface area (TPSA) is 214 Å². The molecule has 0 aliphatic carbocycles. The van der Waals surface area contributed by atoms with Crippen molar-refractivity contribution in [1.29, 1.82) is 0 Å². The van der Waals surface area contributed by atoms with Crippen LogP contribution in [0.5, 0.6) is 0 Å². The van der Waals surface area contributed by atoms with Gasteiger partial charge in [0.15, 0.2) is 0 Å². The smallest absolute Gasteiger partial charge is 0.394 e. The fourth-order valence-electron chi connectivity index (χ4n) is 1.51. The van der Waals surface area contributed by atoms with Crippen LogP contribution < -0.4 is 29.1 Å². The number of nitrogen functional groups attached to an aromatic ring is 4. The molecule has 0 saturated heterocycles. The molecule has 0 aliphatic heterocycles. The molecule has 0 saturated carbocycles. The monoisotopic (exact) mass is 387 g/mol. The molecule has 0 radical (unpaired) electrons. The number of anilines is 4. The van der Waals surface area contributed by atoms with Gasteiger partial charge in [0.05, 0.1) is 22.7 Å². The summed E-state index contributed by atoms with van der Waals surface area (Å²) < 4.78 is 31.6. The van der Waals surface area contributed by atoms with E-state index in [-0.39, 0.29) is 22.6 Å². The first-order valence-electron chi connectivity index (χ1n) is 5.58. The molecule has 2 aromatic carbocycles. The predicted octanol–water partition coefficient (Wildman–Crippen LogP) is 1.19. The minimum atomic E-state index is -4.67. The Morgan fingerprint density at radius 3 is 1.17 bits per heavy atom. The van der Waals surface area contributed by atoms with Crippen LogP contribution in [0.1, 0.15) is 0 Å². The van der Waals surface area contributed by atoms with Crippen molar-refractivity contribution in [2.45, 2.75) is 0 Å². The quantitative estimate of drug-likeness (QED) is 0.212. The summed E-state index contributed by atoms with van der Waals surface area (Å²) in [5.74, 6) is 0. The summed E-state index contributed by atoms with van der Waals surface area (Å²) in [6, 6.07) is 11.0. The van der Waals surface area contributed by atoms with Gasteiger partial charge in [0, 0.05) is 16.5 Å². The Hall–Kier alpha value is -2.04. The molecule has 11 heteroatoms. The van der Waals surface area contributed by atoms with Gasteiger partial charge in [-0.1, -0.05) is 12.1 Å². The molecule has 0 fully saturated rings. The van der Waals surface area contributed by atoms with Gasteiger partial charge in [-0.15, -0.1) is 0 Å². The Kier molecular flexibility index (Phi) is 9.27.